The van der Waals surface area contributed by atoms with E-state index in [0.29, 0.717) is 27.3 Å². The van der Waals surface area contributed by atoms with Crippen LogP contribution in [0.1, 0.15) is 0 Å². The van der Waals surface area contributed by atoms with Crippen LogP contribution < -0.4 is 10.1 Å². The quantitative estimate of drug-likeness (QED) is 0.716. The van der Waals surface area contributed by atoms with Crippen molar-refractivity contribution in [1.29, 1.82) is 0 Å². The minimum absolute atomic E-state index is 0.193. The van der Waals surface area contributed by atoms with Gasteiger partial charge in [-0.05, 0) is 18.2 Å². The zero-order valence-corrected chi connectivity index (χ0v) is 14.5. The molecule has 1 amide bonds. The summed E-state index contributed by atoms with van der Waals surface area (Å²) in [7, 11) is 0. The highest BCUT2D eigenvalue weighted by Crippen LogP contribution is 2.27. The van der Waals surface area contributed by atoms with Crippen molar-refractivity contribution in [3.63, 3.8) is 0 Å². The zero-order valence-electron chi connectivity index (χ0n) is 12.9. The lowest BCUT2D eigenvalue weighted by molar-refractivity contribution is -0.118. The first-order valence-electron chi connectivity index (χ1n) is 7.37. The van der Waals surface area contributed by atoms with Crippen molar-refractivity contribution in [3.8, 4) is 17.1 Å². The number of carbonyl (C=O) groups is 1. The summed E-state index contributed by atoms with van der Waals surface area (Å²) in [6, 6.07) is 14.4. The molecule has 0 bridgehead atoms. The van der Waals surface area contributed by atoms with Gasteiger partial charge < -0.3 is 10.1 Å². The van der Waals surface area contributed by atoms with Crippen LogP contribution in [0.3, 0.4) is 0 Å². The molecule has 1 heterocycles. The summed E-state index contributed by atoms with van der Waals surface area (Å²) in [6.45, 7) is -0.193. The molecule has 2 aromatic carbocycles. The molecule has 0 fully saturated rings. The summed E-state index contributed by atoms with van der Waals surface area (Å²) in [5.74, 6) is 0.627. The van der Waals surface area contributed by atoms with Crippen LogP contribution in [0.5, 0.6) is 5.75 Å². The van der Waals surface area contributed by atoms with Crippen LogP contribution >= 0.6 is 23.2 Å². The minimum Gasteiger partial charge on any atom is -0.482 e. The molecule has 0 unspecified atom stereocenters. The topological polar surface area (TPSA) is 64.1 Å². The maximum Gasteiger partial charge on any atom is 0.262 e. The smallest absolute Gasteiger partial charge is 0.262 e. The third-order valence-electron chi connectivity index (χ3n) is 3.22. The number of rotatable bonds is 5. The number of benzene rings is 2. The van der Waals surface area contributed by atoms with Gasteiger partial charge in [0.15, 0.2) is 12.4 Å². The second-order valence-electron chi connectivity index (χ2n) is 5.07. The fourth-order valence-corrected chi connectivity index (χ4v) is 2.52. The molecule has 5 nitrogen and oxygen atoms in total. The number of nitrogens with one attached hydrogen (secondary N) is 1. The van der Waals surface area contributed by atoms with E-state index in [0.717, 1.165) is 5.56 Å². The maximum atomic E-state index is 12.0. The number of nitrogens with zero attached hydrogens (tertiary/aromatic N) is 2. The van der Waals surface area contributed by atoms with E-state index in [1.54, 1.807) is 30.6 Å². The fourth-order valence-electron chi connectivity index (χ4n) is 2.06. The Labute approximate surface area is 154 Å². The van der Waals surface area contributed by atoms with Gasteiger partial charge in [0.1, 0.15) is 5.75 Å². The Morgan fingerprint density at radius 1 is 1.04 bits per heavy atom. The van der Waals surface area contributed by atoms with Crippen LogP contribution in [0.4, 0.5) is 5.69 Å². The van der Waals surface area contributed by atoms with Crippen molar-refractivity contribution in [2.24, 2.45) is 0 Å². The molecule has 0 saturated heterocycles. The van der Waals surface area contributed by atoms with E-state index in [1.807, 2.05) is 30.3 Å². The predicted molar refractivity (Wildman–Crippen MR) is 98.1 cm³/mol. The van der Waals surface area contributed by atoms with Gasteiger partial charge in [0.2, 0.25) is 0 Å². The van der Waals surface area contributed by atoms with Crippen LogP contribution in [0.15, 0.2) is 60.9 Å². The SMILES string of the molecule is O=C(COc1ccc(Cl)cc1Cl)Nc1cnc(-c2ccccc2)nc1. The van der Waals surface area contributed by atoms with Crippen molar-refractivity contribution in [3.05, 3.63) is 71.0 Å². The monoisotopic (exact) mass is 373 g/mol. The first-order chi connectivity index (χ1) is 12.1. The van der Waals surface area contributed by atoms with Crippen molar-refractivity contribution in [2.45, 2.75) is 0 Å². The van der Waals surface area contributed by atoms with Crippen LogP contribution in [0.25, 0.3) is 11.4 Å². The van der Waals surface area contributed by atoms with E-state index < -0.39 is 0 Å². The van der Waals surface area contributed by atoms with Gasteiger partial charge in [0.25, 0.3) is 5.91 Å². The van der Waals surface area contributed by atoms with E-state index in [2.05, 4.69) is 15.3 Å². The van der Waals surface area contributed by atoms with Gasteiger partial charge in [-0.25, -0.2) is 9.97 Å². The zero-order chi connectivity index (χ0) is 17.6. The molecule has 7 heteroatoms. The summed E-state index contributed by atoms with van der Waals surface area (Å²) in [5.41, 5.74) is 1.39. The molecule has 25 heavy (non-hydrogen) atoms. The molecule has 126 valence electrons. The summed E-state index contributed by atoms with van der Waals surface area (Å²) in [6.07, 6.45) is 3.09. The van der Waals surface area contributed by atoms with E-state index in [-0.39, 0.29) is 12.5 Å². The number of hydrogen-bond acceptors (Lipinski definition) is 4. The number of aromatic nitrogens is 2. The van der Waals surface area contributed by atoms with E-state index >= 15 is 0 Å². The third kappa shape index (κ3) is 4.68. The van der Waals surface area contributed by atoms with E-state index in [9.17, 15) is 4.79 Å². The molecule has 1 aromatic heterocycles. The molecule has 3 aromatic rings. The average molecular weight is 374 g/mol. The molecule has 0 saturated carbocycles. The molecule has 0 radical (unpaired) electrons. The number of hydrogen-bond donors (Lipinski definition) is 1. The summed E-state index contributed by atoms with van der Waals surface area (Å²) in [5, 5.41) is 3.50. The normalized spacial score (nSPS) is 10.3. The van der Waals surface area contributed by atoms with Crippen LogP contribution in [0, 0.1) is 0 Å². The van der Waals surface area contributed by atoms with Gasteiger partial charge in [-0.2, -0.15) is 0 Å². The highest BCUT2D eigenvalue weighted by Gasteiger charge is 2.08. The van der Waals surface area contributed by atoms with Gasteiger partial charge in [-0.3, -0.25) is 4.79 Å². The molecule has 0 aliphatic rings. The van der Waals surface area contributed by atoms with Crippen molar-refractivity contribution < 1.29 is 9.53 Å². The molecule has 0 aliphatic carbocycles. The largest absolute Gasteiger partial charge is 0.482 e. The lowest BCUT2D eigenvalue weighted by atomic mass is 10.2. The second-order valence-corrected chi connectivity index (χ2v) is 5.92. The minimum atomic E-state index is -0.345. The van der Waals surface area contributed by atoms with Gasteiger partial charge in [0.05, 0.1) is 23.1 Å². The second kappa shape index (κ2) is 7.96. The molecule has 0 spiro atoms. The number of anilines is 1. The predicted octanol–water partition coefficient (Wildman–Crippen LogP) is 4.47. The first kappa shape index (κ1) is 17.2. The number of halogens is 2. The Kier molecular flexibility index (Phi) is 5.48. The first-order valence-corrected chi connectivity index (χ1v) is 8.12. The Hall–Kier alpha value is -2.63. The van der Waals surface area contributed by atoms with Crippen molar-refractivity contribution >= 4 is 34.8 Å². The van der Waals surface area contributed by atoms with E-state index in [4.69, 9.17) is 27.9 Å². The van der Waals surface area contributed by atoms with Crippen LogP contribution in [-0.4, -0.2) is 22.5 Å². The summed E-state index contributed by atoms with van der Waals surface area (Å²) >= 11 is 11.8. The highest BCUT2D eigenvalue weighted by molar-refractivity contribution is 6.35. The Balaban J connectivity index is 1.57. The van der Waals surface area contributed by atoms with Crippen LogP contribution in [0.2, 0.25) is 10.0 Å². The Morgan fingerprint density at radius 2 is 1.76 bits per heavy atom. The average Bonchev–Trinajstić information content (AvgIpc) is 2.62. The molecule has 0 aliphatic heterocycles. The standard InChI is InChI=1S/C18H13Cl2N3O2/c19-13-6-7-16(15(20)8-13)25-11-17(24)23-14-9-21-18(22-10-14)12-4-2-1-3-5-12/h1-10H,11H2,(H,23,24). The maximum absolute atomic E-state index is 12.0. The van der Waals surface area contributed by atoms with Gasteiger partial charge in [0, 0.05) is 10.6 Å². The van der Waals surface area contributed by atoms with Gasteiger partial charge in [-0.15, -0.1) is 0 Å². The fraction of sp³-hybridized carbons (Fsp3) is 0.0556. The summed E-state index contributed by atoms with van der Waals surface area (Å²) < 4.78 is 5.38. The van der Waals surface area contributed by atoms with Crippen molar-refractivity contribution in [1.82, 2.24) is 9.97 Å². The molecule has 3 rings (SSSR count). The van der Waals surface area contributed by atoms with Gasteiger partial charge in [-0.1, -0.05) is 53.5 Å². The molecule has 0 atom stereocenters. The van der Waals surface area contributed by atoms with Gasteiger partial charge >= 0.3 is 0 Å². The molecular formula is C18H13Cl2N3O2. The number of ether oxygens (including phenoxy) is 1. The van der Waals surface area contributed by atoms with Crippen LogP contribution in [-0.2, 0) is 4.79 Å². The third-order valence-corrected chi connectivity index (χ3v) is 3.75. The van der Waals surface area contributed by atoms with Crippen molar-refractivity contribution in [2.75, 3.05) is 11.9 Å². The Bertz CT molecular complexity index is 871. The highest BCUT2D eigenvalue weighted by atomic mass is 35.5. The molecule has 1 N–H and O–H groups in total. The Morgan fingerprint density at radius 3 is 2.44 bits per heavy atom. The lowest BCUT2D eigenvalue weighted by Crippen LogP contribution is -2.20. The summed E-state index contributed by atoms with van der Waals surface area (Å²) in [4.78, 5) is 20.4. The number of amides is 1. The number of carbonyl (C=O) groups excluding carboxylic acids is 1. The lowest BCUT2D eigenvalue weighted by Gasteiger charge is -2.09. The molecular weight excluding hydrogens is 361 g/mol. The van der Waals surface area contributed by atoms with E-state index in [1.165, 1.54) is 0 Å².